The second-order valence-electron chi connectivity index (χ2n) is 7.49. The zero-order chi connectivity index (χ0) is 29.1. The minimum absolute atomic E-state index is 0.187. The van der Waals surface area contributed by atoms with Crippen LogP contribution in [0.3, 0.4) is 0 Å². The van der Waals surface area contributed by atoms with Crippen molar-refractivity contribution >= 4 is 52.7 Å². The van der Waals surface area contributed by atoms with Crippen LogP contribution in [0.2, 0.25) is 15.1 Å². The number of hydrogen-bond donors (Lipinski definition) is 2. The molecular formula is C22H14Cl3F9N2O2. The maximum Gasteiger partial charge on any atom is 0.471 e. The van der Waals surface area contributed by atoms with Gasteiger partial charge in [0.25, 0.3) is 5.91 Å². The predicted octanol–water partition coefficient (Wildman–Crippen LogP) is 7.43. The molecule has 2 aromatic carbocycles. The van der Waals surface area contributed by atoms with Crippen LogP contribution in [0.5, 0.6) is 0 Å². The van der Waals surface area contributed by atoms with Crippen LogP contribution in [0.4, 0.5) is 39.5 Å². The van der Waals surface area contributed by atoms with Crippen molar-refractivity contribution in [3.8, 4) is 0 Å². The predicted molar refractivity (Wildman–Crippen MR) is 122 cm³/mol. The summed E-state index contributed by atoms with van der Waals surface area (Å²) in [6, 6.07) is 3.85. The molecule has 0 aliphatic heterocycles. The van der Waals surface area contributed by atoms with Gasteiger partial charge in [-0.25, -0.2) is 0 Å². The van der Waals surface area contributed by atoms with Crippen LogP contribution in [0.25, 0.3) is 6.08 Å². The summed E-state index contributed by atoms with van der Waals surface area (Å²) < 4.78 is 118. The Hall–Kier alpha value is -2.64. The summed E-state index contributed by atoms with van der Waals surface area (Å²) in [6.45, 7) is -1.37. The minimum Gasteiger partial charge on any atom is -0.350 e. The molecule has 1 atom stereocenters. The van der Waals surface area contributed by atoms with Gasteiger partial charge in [-0.3, -0.25) is 9.59 Å². The normalized spacial score (nSPS) is 13.5. The first-order valence-electron chi connectivity index (χ1n) is 10.1. The van der Waals surface area contributed by atoms with Crippen molar-refractivity contribution in [2.45, 2.75) is 24.4 Å². The molecule has 2 amide bonds. The highest BCUT2D eigenvalue weighted by atomic mass is 35.5. The zero-order valence-corrected chi connectivity index (χ0v) is 20.7. The van der Waals surface area contributed by atoms with Crippen molar-refractivity contribution in [1.29, 1.82) is 0 Å². The van der Waals surface area contributed by atoms with Crippen LogP contribution in [0.1, 0.15) is 33.0 Å². The van der Waals surface area contributed by atoms with Crippen LogP contribution in [0.15, 0.2) is 36.4 Å². The van der Waals surface area contributed by atoms with E-state index in [0.717, 1.165) is 24.3 Å². The summed E-state index contributed by atoms with van der Waals surface area (Å²) in [6.07, 6.45) is -13.9. The number of rotatable bonds is 7. The topological polar surface area (TPSA) is 58.2 Å². The lowest BCUT2D eigenvalue weighted by Gasteiger charge is -2.19. The largest absolute Gasteiger partial charge is 0.471 e. The molecule has 0 saturated carbocycles. The molecule has 0 fully saturated rings. The molecule has 0 aliphatic carbocycles. The quantitative estimate of drug-likeness (QED) is 0.193. The molecule has 208 valence electrons. The van der Waals surface area contributed by atoms with Crippen LogP contribution in [-0.2, 0) is 11.0 Å². The van der Waals surface area contributed by atoms with Gasteiger partial charge >= 0.3 is 24.4 Å². The highest BCUT2D eigenvalue weighted by molar-refractivity contribution is 6.48. The van der Waals surface area contributed by atoms with E-state index in [-0.39, 0.29) is 20.6 Å². The Morgan fingerprint density at radius 1 is 0.842 bits per heavy atom. The molecule has 4 nitrogen and oxygen atoms in total. The molecule has 2 rings (SSSR count). The summed E-state index contributed by atoms with van der Waals surface area (Å²) in [5, 5.41) is 2.61. The van der Waals surface area contributed by atoms with Gasteiger partial charge in [-0.15, -0.1) is 0 Å². The molecule has 0 radical (unpaired) electrons. The van der Waals surface area contributed by atoms with Crippen LogP contribution < -0.4 is 10.6 Å². The van der Waals surface area contributed by atoms with E-state index >= 15 is 0 Å². The average molecular weight is 616 g/mol. The molecule has 16 heteroatoms. The fourth-order valence-corrected chi connectivity index (χ4v) is 3.63. The van der Waals surface area contributed by atoms with E-state index in [9.17, 15) is 49.1 Å². The monoisotopic (exact) mass is 614 g/mol. The fourth-order valence-electron chi connectivity index (χ4n) is 3.02. The number of benzene rings is 2. The molecule has 0 heterocycles. The summed E-state index contributed by atoms with van der Waals surface area (Å²) >= 11 is 17.3. The van der Waals surface area contributed by atoms with E-state index in [2.05, 4.69) is 0 Å². The highest BCUT2D eigenvalue weighted by Gasteiger charge is 2.40. The molecule has 0 spiro atoms. The van der Waals surface area contributed by atoms with E-state index in [1.165, 1.54) is 5.32 Å². The summed E-state index contributed by atoms with van der Waals surface area (Å²) in [5.41, 5.74) is -3.25. The van der Waals surface area contributed by atoms with Gasteiger partial charge in [0.2, 0.25) is 0 Å². The van der Waals surface area contributed by atoms with Crippen LogP contribution >= 0.6 is 34.8 Å². The molecule has 0 aliphatic rings. The first-order valence-corrected chi connectivity index (χ1v) is 11.2. The average Bonchev–Trinajstić information content (AvgIpc) is 2.77. The lowest BCUT2D eigenvalue weighted by Crippen LogP contribution is -2.41. The number of halogens is 12. The summed E-state index contributed by atoms with van der Waals surface area (Å²) in [5.74, 6) is -5.98. The van der Waals surface area contributed by atoms with Crippen LogP contribution in [-0.4, -0.2) is 37.3 Å². The number of alkyl halides is 9. The Labute approximate surface area is 223 Å². The molecule has 0 bridgehead atoms. The molecule has 2 N–H and O–H groups in total. The van der Waals surface area contributed by atoms with Crippen molar-refractivity contribution in [2.75, 3.05) is 13.1 Å². The number of allylic oxidation sites excluding steroid dienone is 1. The second kappa shape index (κ2) is 12.0. The molecular weight excluding hydrogens is 602 g/mol. The highest BCUT2D eigenvalue weighted by Crippen LogP contribution is 2.41. The first kappa shape index (κ1) is 31.6. The first-order chi connectivity index (χ1) is 17.3. The van der Waals surface area contributed by atoms with Gasteiger partial charge in [-0.1, -0.05) is 53.0 Å². The van der Waals surface area contributed by atoms with E-state index in [4.69, 9.17) is 34.8 Å². The lowest BCUT2D eigenvalue weighted by atomic mass is 9.96. The van der Waals surface area contributed by atoms with Crippen molar-refractivity contribution in [1.82, 2.24) is 10.6 Å². The van der Waals surface area contributed by atoms with E-state index in [0.29, 0.717) is 18.2 Å². The van der Waals surface area contributed by atoms with Gasteiger partial charge in [0.15, 0.2) is 0 Å². The number of carbonyl (C=O) groups is 2. The van der Waals surface area contributed by atoms with Gasteiger partial charge in [0.1, 0.15) is 0 Å². The summed E-state index contributed by atoms with van der Waals surface area (Å²) in [4.78, 5) is 22.9. The third kappa shape index (κ3) is 8.43. The van der Waals surface area contributed by atoms with Gasteiger partial charge in [0.05, 0.1) is 32.1 Å². The smallest absolute Gasteiger partial charge is 0.350 e. The molecule has 0 aromatic heterocycles. The van der Waals surface area contributed by atoms with E-state index in [1.54, 1.807) is 0 Å². The van der Waals surface area contributed by atoms with Crippen molar-refractivity contribution in [3.63, 3.8) is 0 Å². The minimum atomic E-state index is -5.19. The Balaban J connectivity index is 2.30. The number of carbonyl (C=O) groups excluding carboxylic acids is 2. The third-order valence-corrected chi connectivity index (χ3v) is 5.94. The zero-order valence-electron chi connectivity index (χ0n) is 18.4. The number of nitrogens with one attached hydrogen (secondary N) is 2. The van der Waals surface area contributed by atoms with Crippen molar-refractivity contribution in [2.24, 2.45) is 0 Å². The summed E-state index contributed by atoms with van der Waals surface area (Å²) in [7, 11) is 0. The van der Waals surface area contributed by atoms with Gasteiger partial charge in [-0.2, -0.15) is 39.5 Å². The molecule has 0 saturated heterocycles. The van der Waals surface area contributed by atoms with Gasteiger partial charge in [0, 0.05) is 13.1 Å². The maximum atomic E-state index is 13.7. The maximum absolute atomic E-state index is 13.7. The Morgan fingerprint density at radius 2 is 1.39 bits per heavy atom. The van der Waals surface area contributed by atoms with Crippen molar-refractivity contribution < 1.29 is 49.1 Å². The molecule has 2 aromatic rings. The van der Waals surface area contributed by atoms with Gasteiger partial charge < -0.3 is 10.6 Å². The standard InChI is InChI=1S/C22H14Cl3F9N2O2/c23-15-8-11(9-16(24)17(15)25)13(20(26,27)28)4-2-10-1-3-12(14(7-10)21(29,30)31)18(37)35-5-6-36-19(38)22(32,33)34/h1-4,7-9,13H,5-6H2,(H,35,37)(H,36,38)/b4-2+. The SMILES string of the molecule is O=C(NCCNC(=O)C(F)(F)F)c1ccc(/C=C/C(c2cc(Cl)c(Cl)c(Cl)c2)C(F)(F)F)cc1C(F)(F)F. The number of hydrogen-bond acceptors (Lipinski definition) is 2. The lowest BCUT2D eigenvalue weighted by molar-refractivity contribution is -0.173. The molecule has 1 unspecified atom stereocenters. The van der Waals surface area contributed by atoms with Gasteiger partial charge in [-0.05, 0) is 35.4 Å². The molecule has 38 heavy (non-hydrogen) atoms. The Bertz CT molecular complexity index is 1200. The van der Waals surface area contributed by atoms with Crippen LogP contribution in [0, 0.1) is 0 Å². The van der Waals surface area contributed by atoms with Crippen molar-refractivity contribution in [3.05, 3.63) is 73.7 Å². The Kier molecular flexibility index (Phi) is 10.0. The number of amides is 2. The fraction of sp³-hybridized carbons (Fsp3) is 0.273. The van der Waals surface area contributed by atoms with E-state index in [1.807, 2.05) is 5.32 Å². The van der Waals surface area contributed by atoms with E-state index < -0.39 is 66.0 Å². The second-order valence-corrected chi connectivity index (χ2v) is 8.68. The third-order valence-electron chi connectivity index (χ3n) is 4.75. The Morgan fingerprint density at radius 3 is 1.89 bits per heavy atom.